The Kier molecular flexibility index (Phi) is 4.18. The zero-order valence-corrected chi connectivity index (χ0v) is 13.7. The Labute approximate surface area is 139 Å². The zero-order valence-electron chi connectivity index (χ0n) is 12.9. The molecule has 2 N–H and O–H groups in total. The highest BCUT2D eigenvalue weighted by atomic mass is 32.2. The number of fused-ring (bicyclic) bond motifs is 1. The summed E-state index contributed by atoms with van der Waals surface area (Å²) in [6.07, 6.45) is 0. The van der Waals surface area contributed by atoms with Gasteiger partial charge in [-0.1, -0.05) is 30.0 Å². The lowest BCUT2D eigenvalue weighted by atomic mass is 9.85. The molecule has 1 atom stereocenters. The molecule has 4 nitrogen and oxygen atoms in total. The average molecular weight is 324 g/mol. The second-order valence-electron chi connectivity index (χ2n) is 5.11. The van der Waals surface area contributed by atoms with E-state index >= 15 is 0 Å². The Hall–Kier alpha value is -2.58. The lowest BCUT2D eigenvalue weighted by Crippen LogP contribution is -2.14. The molecule has 0 fully saturated rings. The van der Waals surface area contributed by atoms with Crippen molar-refractivity contribution in [1.29, 1.82) is 5.26 Å². The Balaban J connectivity index is 2.19. The van der Waals surface area contributed by atoms with Crippen molar-refractivity contribution in [2.75, 3.05) is 14.2 Å². The number of rotatable bonds is 3. The third-order valence-corrected chi connectivity index (χ3v) is 4.87. The van der Waals surface area contributed by atoms with Crippen molar-refractivity contribution in [1.82, 2.24) is 0 Å². The Bertz CT molecular complexity index is 824. The van der Waals surface area contributed by atoms with Gasteiger partial charge >= 0.3 is 0 Å². The molecule has 0 saturated heterocycles. The van der Waals surface area contributed by atoms with E-state index in [0.717, 1.165) is 27.5 Å². The molecule has 116 valence electrons. The first kappa shape index (κ1) is 15.3. The van der Waals surface area contributed by atoms with Crippen LogP contribution >= 0.6 is 11.8 Å². The summed E-state index contributed by atoms with van der Waals surface area (Å²) in [4.78, 5) is 1.01. The van der Waals surface area contributed by atoms with Gasteiger partial charge in [0, 0.05) is 10.8 Å². The Morgan fingerprint density at radius 1 is 1.09 bits per heavy atom. The quantitative estimate of drug-likeness (QED) is 0.933. The molecular weight excluding hydrogens is 308 g/mol. The zero-order chi connectivity index (χ0) is 16.4. The van der Waals surface area contributed by atoms with Gasteiger partial charge in [-0.15, -0.1) is 0 Å². The maximum absolute atomic E-state index is 9.59. The fourth-order valence-corrected chi connectivity index (χ4v) is 3.72. The fourth-order valence-electron chi connectivity index (χ4n) is 2.73. The van der Waals surface area contributed by atoms with Gasteiger partial charge in [0.2, 0.25) is 0 Å². The van der Waals surface area contributed by atoms with Crippen molar-refractivity contribution in [2.45, 2.75) is 10.8 Å². The minimum atomic E-state index is -0.197. The van der Waals surface area contributed by atoms with Crippen LogP contribution in [0.25, 0.3) is 0 Å². The van der Waals surface area contributed by atoms with Gasteiger partial charge in [-0.05, 0) is 35.4 Å². The highest BCUT2D eigenvalue weighted by Gasteiger charge is 2.29. The molecule has 1 heterocycles. The molecule has 5 heteroatoms. The summed E-state index contributed by atoms with van der Waals surface area (Å²) in [6, 6.07) is 15.9. The predicted octanol–water partition coefficient (Wildman–Crippen LogP) is 3.64. The first-order valence-corrected chi connectivity index (χ1v) is 7.89. The molecule has 3 rings (SSSR count). The fraction of sp³-hybridized carbons (Fsp3) is 0.167. The Morgan fingerprint density at radius 2 is 1.83 bits per heavy atom. The van der Waals surface area contributed by atoms with Crippen LogP contribution in [0.15, 0.2) is 58.0 Å². The third kappa shape index (κ3) is 2.73. The number of nitrogens with zero attached hydrogens (tertiary/aromatic N) is 1. The van der Waals surface area contributed by atoms with Crippen molar-refractivity contribution in [2.24, 2.45) is 5.73 Å². The molecule has 0 amide bonds. The molecule has 1 aliphatic heterocycles. The molecule has 0 saturated carbocycles. The monoisotopic (exact) mass is 324 g/mol. The van der Waals surface area contributed by atoms with Gasteiger partial charge in [-0.25, -0.2) is 0 Å². The van der Waals surface area contributed by atoms with E-state index in [-0.39, 0.29) is 5.92 Å². The summed E-state index contributed by atoms with van der Waals surface area (Å²) in [5.41, 5.74) is 8.75. The number of hydrogen-bond donors (Lipinski definition) is 1. The van der Waals surface area contributed by atoms with Crippen LogP contribution in [0, 0.1) is 11.3 Å². The van der Waals surface area contributed by atoms with E-state index in [0.29, 0.717) is 10.6 Å². The standard InChI is InChI=1S/C18H16N2O2S/c1-21-12-5-3-4-11(8-12)17-14-7-6-13(22-2)9-16(14)23-18(20)15(17)10-19/h3-9,17H,20H2,1-2H3. The first-order valence-electron chi connectivity index (χ1n) is 7.07. The molecule has 2 aromatic rings. The normalized spacial score (nSPS) is 16.5. The summed E-state index contributed by atoms with van der Waals surface area (Å²) in [6.45, 7) is 0. The number of hydrogen-bond acceptors (Lipinski definition) is 5. The van der Waals surface area contributed by atoms with Crippen molar-refractivity contribution >= 4 is 11.8 Å². The second kappa shape index (κ2) is 6.27. The van der Waals surface area contributed by atoms with E-state index < -0.39 is 0 Å². The van der Waals surface area contributed by atoms with E-state index in [4.69, 9.17) is 15.2 Å². The molecular formula is C18H16N2O2S. The van der Waals surface area contributed by atoms with Crippen LogP contribution in [0.4, 0.5) is 0 Å². The van der Waals surface area contributed by atoms with E-state index in [1.165, 1.54) is 11.8 Å². The minimum Gasteiger partial charge on any atom is -0.497 e. The summed E-state index contributed by atoms with van der Waals surface area (Å²) in [7, 11) is 3.26. The lowest BCUT2D eigenvalue weighted by molar-refractivity contribution is 0.413. The predicted molar refractivity (Wildman–Crippen MR) is 90.5 cm³/mol. The van der Waals surface area contributed by atoms with Gasteiger partial charge in [0.15, 0.2) is 0 Å². The first-order chi connectivity index (χ1) is 11.2. The molecule has 0 aliphatic carbocycles. The van der Waals surface area contributed by atoms with E-state index in [2.05, 4.69) is 6.07 Å². The number of ether oxygens (including phenoxy) is 2. The SMILES string of the molecule is COc1cccc(C2C(C#N)=C(N)Sc3cc(OC)ccc32)c1. The van der Waals surface area contributed by atoms with Gasteiger partial charge in [-0.2, -0.15) is 5.26 Å². The highest BCUT2D eigenvalue weighted by Crippen LogP contribution is 2.47. The van der Waals surface area contributed by atoms with E-state index in [1.54, 1.807) is 14.2 Å². The molecule has 0 spiro atoms. The van der Waals surface area contributed by atoms with E-state index in [9.17, 15) is 5.26 Å². The van der Waals surface area contributed by atoms with Crippen LogP contribution in [-0.2, 0) is 0 Å². The summed E-state index contributed by atoms with van der Waals surface area (Å²) < 4.78 is 10.6. The lowest BCUT2D eigenvalue weighted by Gasteiger charge is -2.26. The number of thioether (sulfide) groups is 1. The number of methoxy groups -OCH3 is 2. The molecule has 2 aromatic carbocycles. The maximum atomic E-state index is 9.59. The van der Waals surface area contributed by atoms with Crippen molar-refractivity contribution < 1.29 is 9.47 Å². The van der Waals surface area contributed by atoms with Crippen LogP contribution in [0.5, 0.6) is 11.5 Å². The molecule has 1 aliphatic rings. The molecule has 0 bridgehead atoms. The number of nitriles is 1. The van der Waals surface area contributed by atoms with Crippen LogP contribution in [0.1, 0.15) is 17.0 Å². The van der Waals surface area contributed by atoms with Crippen LogP contribution in [-0.4, -0.2) is 14.2 Å². The van der Waals surface area contributed by atoms with Crippen molar-refractivity contribution in [3.05, 3.63) is 64.2 Å². The van der Waals surface area contributed by atoms with Gasteiger partial charge in [-0.3, -0.25) is 0 Å². The van der Waals surface area contributed by atoms with Crippen LogP contribution in [0.2, 0.25) is 0 Å². The third-order valence-electron chi connectivity index (χ3n) is 3.85. The molecule has 1 unspecified atom stereocenters. The number of benzene rings is 2. The topological polar surface area (TPSA) is 68.3 Å². The van der Waals surface area contributed by atoms with Gasteiger partial charge in [0.1, 0.15) is 11.5 Å². The smallest absolute Gasteiger partial charge is 0.120 e. The van der Waals surface area contributed by atoms with Crippen molar-refractivity contribution in [3.63, 3.8) is 0 Å². The minimum absolute atomic E-state index is 0.197. The molecule has 0 radical (unpaired) electrons. The van der Waals surface area contributed by atoms with Crippen molar-refractivity contribution in [3.8, 4) is 17.6 Å². The number of allylic oxidation sites excluding steroid dienone is 1. The average Bonchev–Trinajstić information content (AvgIpc) is 2.59. The van der Waals surface area contributed by atoms with Crippen LogP contribution in [0.3, 0.4) is 0 Å². The van der Waals surface area contributed by atoms with Gasteiger partial charge in [0.05, 0.1) is 30.9 Å². The maximum Gasteiger partial charge on any atom is 0.120 e. The van der Waals surface area contributed by atoms with Crippen LogP contribution < -0.4 is 15.2 Å². The van der Waals surface area contributed by atoms with E-state index in [1.807, 2.05) is 42.5 Å². The Morgan fingerprint density at radius 3 is 2.52 bits per heavy atom. The molecule has 0 aromatic heterocycles. The summed E-state index contributed by atoms with van der Waals surface area (Å²) >= 11 is 1.41. The van der Waals surface area contributed by atoms with Gasteiger partial charge < -0.3 is 15.2 Å². The highest BCUT2D eigenvalue weighted by molar-refractivity contribution is 8.03. The summed E-state index contributed by atoms with van der Waals surface area (Å²) in [5, 5.41) is 10.1. The van der Waals surface area contributed by atoms with Gasteiger partial charge in [0.25, 0.3) is 0 Å². The second-order valence-corrected chi connectivity index (χ2v) is 6.19. The largest absolute Gasteiger partial charge is 0.497 e. The summed E-state index contributed by atoms with van der Waals surface area (Å²) in [5.74, 6) is 1.33. The molecule has 23 heavy (non-hydrogen) atoms. The number of nitrogens with two attached hydrogens (primary N) is 1.